The van der Waals surface area contributed by atoms with Gasteiger partial charge in [-0.15, -0.1) is 0 Å². The molecule has 1 nitrogen and oxygen atoms in total. The second-order valence-corrected chi connectivity index (χ2v) is 2.08. The number of fused-ring (bicyclic) bond motifs is 1. The Morgan fingerprint density at radius 3 is 1.82 bits per heavy atom. The van der Waals surface area contributed by atoms with Gasteiger partial charge in [-0.3, -0.25) is 0 Å². The molecule has 1 aromatic heterocycles. The summed E-state index contributed by atoms with van der Waals surface area (Å²) >= 11 is 0. The van der Waals surface area contributed by atoms with Crippen molar-refractivity contribution in [1.82, 2.24) is 4.98 Å². The van der Waals surface area contributed by atoms with Crippen molar-refractivity contribution < 1.29 is 0 Å². The molecule has 0 aliphatic carbocycles. The summed E-state index contributed by atoms with van der Waals surface area (Å²) in [6.07, 6.45) is 3.99. The molecule has 0 radical (unpaired) electrons. The molecule has 1 aromatic carbocycles. The molecular formula is C10H13N. The minimum absolute atomic E-state index is 1.28. The lowest BCUT2D eigenvalue weighted by Crippen LogP contribution is -1.57. The molecule has 1 heteroatoms. The first-order valence-electron chi connectivity index (χ1n) is 3.98. The molecule has 0 unspecified atom stereocenters. The van der Waals surface area contributed by atoms with Gasteiger partial charge in [0.1, 0.15) is 0 Å². The lowest BCUT2D eigenvalue weighted by molar-refractivity contribution is 1.43. The van der Waals surface area contributed by atoms with Gasteiger partial charge in [0.15, 0.2) is 0 Å². The van der Waals surface area contributed by atoms with Gasteiger partial charge < -0.3 is 4.98 Å². The molecule has 11 heavy (non-hydrogen) atoms. The molecule has 0 aliphatic heterocycles. The Balaban J connectivity index is 0.000000281. The van der Waals surface area contributed by atoms with Crippen LogP contribution in [0.25, 0.3) is 10.8 Å². The zero-order chi connectivity index (χ0) is 8.10. The summed E-state index contributed by atoms with van der Waals surface area (Å²) in [6, 6.07) is 8.25. The van der Waals surface area contributed by atoms with Crippen molar-refractivity contribution in [1.29, 1.82) is 0 Å². The summed E-state index contributed by atoms with van der Waals surface area (Å²) in [5.41, 5.74) is 0. The van der Waals surface area contributed by atoms with Crippen LogP contribution in [-0.4, -0.2) is 4.98 Å². The lowest BCUT2D eigenvalue weighted by Gasteiger charge is -1.81. The second-order valence-electron chi connectivity index (χ2n) is 2.08. The Hall–Kier alpha value is -1.24. The fraction of sp³-hybridized carbons (Fsp3) is 0.200. The van der Waals surface area contributed by atoms with Gasteiger partial charge in [-0.05, 0) is 10.8 Å². The average molecular weight is 147 g/mol. The van der Waals surface area contributed by atoms with Crippen LogP contribution >= 0.6 is 0 Å². The first-order chi connectivity index (χ1) is 5.47. The predicted octanol–water partition coefficient (Wildman–Crippen LogP) is 3.19. The Bertz CT molecular complexity index is 279. The van der Waals surface area contributed by atoms with Crippen LogP contribution in [0.2, 0.25) is 0 Å². The molecule has 0 saturated heterocycles. The van der Waals surface area contributed by atoms with Crippen molar-refractivity contribution in [2.75, 3.05) is 0 Å². The summed E-state index contributed by atoms with van der Waals surface area (Å²) in [5, 5.41) is 2.55. The van der Waals surface area contributed by atoms with E-state index in [1.54, 1.807) is 0 Å². The van der Waals surface area contributed by atoms with Gasteiger partial charge in [0.2, 0.25) is 0 Å². The van der Waals surface area contributed by atoms with Crippen LogP contribution < -0.4 is 0 Å². The number of H-pyrrole nitrogens is 1. The summed E-state index contributed by atoms with van der Waals surface area (Å²) in [4.78, 5) is 3.04. The smallest absolute Gasteiger partial charge is 0.00843 e. The van der Waals surface area contributed by atoms with E-state index >= 15 is 0 Å². The van der Waals surface area contributed by atoms with Crippen molar-refractivity contribution >= 4 is 10.8 Å². The second kappa shape index (κ2) is 3.81. The van der Waals surface area contributed by atoms with Crippen LogP contribution in [0, 0.1) is 0 Å². The topological polar surface area (TPSA) is 15.8 Å². The van der Waals surface area contributed by atoms with Gasteiger partial charge in [0.25, 0.3) is 0 Å². The van der Waals surface area contributed by atoms with Crippen LogP contribution in [0.5, 0.6) is 0 Å². The van der Waals surface area contributed by atoms with Crippen molar-refractivity contribution in [3.63, 3.8) is 0 Å². The summed E-state index contributed by atoms with van der Waals surface area (Å²) < 4.78 is 0. The highest BCUT2D eigenvalue weighted by Gasteiger charge is 1.86. The number of hydrogen-bond acceptors (Lipinski definition) is 0. The predicted molar refractivity (Wildman–Crippen MR) is 49.6 cm³/mol. The number of rotatable bonds is 0. The first-order valence-corrected chi connectivity index (χ1v) is 3.98. The number of nitrogens with one attached hydrogen (secondary N) is 1. The third-order valence-electron chi connectivity index (χ3n) is 1.47. The molecule has 2 aromatic rings. The molecule has 0 spiro atoms. The number of aromatic amines is 1. The summed E-state index contributed by atoms with van der Waals surface area (Å²) in [7, 11) is 0. The van der Waals surface area contributed by atoms with Crippen LogP contribution in [-0.2, 0) is 0 Å². The molecule has 58 valence electrons. The third-order valence-corrected chi connectivity index (χ3v) is 1.47. The van der Waals surface area contributed by atoms with Crippen molar-refractivity contribution in [3.8, 4) is 0 Å². The highest BCUT2D eigenvalue weighted by molar-refractivity contribution is 5.81. The van der Waals surface area contributed by atoms with Gasteiger partial charge in [0, 0.05) is 12.4 Å². The highest BCUT2D eigenvalue weighted by atomic mass is 14.6. The fourth-order valence-corrected chi connectivity index (χ4v) is 0.995. The molecule has 2 rings (SSSR count). The molecule has 0 fully saturated rings. The van der Waals surface area contributed by atoms with E-state index in [0.29, 0.717) is 0 Å². The third kappa shape index (κ3) is 1.61. The summed E-state index contributed by atoms with van der Waals surface area (Å²) in [6.45, 7) is 4.00. The quantitative estimate of drug-likeness (QED) is 0.589. The van der Waals surface area contributed by atoms with Crippen molar-refractivity contribution in [2.45, 2.75) is 13.8 Å². The zero-order valence-corrected chi connectivity index (χ0v) is 6.96. The molecular weight excluding hydrogens is 134 g/mol. The largest absolute Gasteiger partial charge is 0.366 e. The minimum atomic E-state index is 1.28. The maximum atomic E-state index is 3.04. The number of aromatic nitrogens is 1. The van der Waals surface area contributed by atoms with Gasteiger partial charge in [-0.2, -0.15) is 0 Å². The molecule has 0 bridgehead atoms. The SMILES string of the molecule is CC.c1ccc2c[nH]cc2c1. The van der Waals surface area contributed by atoms with E-state index in [0.717, 1.165) is 0 Å². The van der Waals surface area contributed by atoms with E-state index in [2.05, 4.69) is 17.1 Å². The van der Waals surface area contributed by atoms with E-state index in [-0.39, 0.29) is 0 Å². The highest BCUT2D eigenvalue weighted by Crippen LogP contribution is 2.10. The number of benzene rings is 1. The Morgan fingerprint density at radius 1 is 0.909 bits per heavy atom. The fourth-order valence-electron chi connectivity index (χ4n) is 0.995. The Kier molecular flexibility index (Phi) is 2.73. The normalized spacial score (nSPS) is 8.91. The maximum absolute atomic E-state index is 3.04. The monoisotopic (exact) mass is 147 g/mol. The molecule has 1 heterocycles. The molecule has 0 saturated carbocycles. The van der Waals surface area contributed by atoms with Crippen LogP contribution in [0.15, 0.2) is 36.7 Å². The van der Waals surface area contributed by atoms with Gasteiger partial charge in [0.05, 0.1) is 0 Å². The minimum Gasteiger partial charge on any atom is -0.366 e. The van der Waals surface area contributed by atoms with Crippen molar-refractivity contribution in [2.24, 2.45) is 0 Å². The van der Waals surface area contributed by atoms with Gasteiger partial charge in [-0.25, -0.2) is 0 Å². The molecule has 1 N–H and O–H groups in total. The van der Waals surface area contributed by atoms with Gasteiger partial charge >= 0.3 is 0 Å². The average Bonchev–Trinajstić information content (AvgIpc) is 2.55. The van der Waals surface area contributed by atoms with E-state index in [4.69, 9.17) is 0 Å². The van der Waals surface area contributed by atoms with E-state index in [1.165, 1.54) is 10.8 Å². The first kappa shape index (κ1) is 7.86. The number of hydrogen-bond donors (Lipinski definition) is 1. The summed E-state index contributed by atoms with van der Waals surface area (Å²) in [5.74, 6) is 0. The Morgan fingerprint density at radius 2 is 1.36 bits per heavy atom. The van der Waals surface area contributed by atoms with Gasteiger partial charge in [-0.1, -0.05) is 38.1 Å². The molecule has 0 amide bonds. The maximum Gasteiger partial charge on any atom is 0.00843 e. The Labute approximate surface area is 67.1 Å². The standard InChI is InChI=1S/C8H7N.C2H6/c1-2-4-8-6-9-5-7(8)3-1;1-2/h1-6,9H;1-2H3. The van der Waals surface area contributed by atoms with E-state index in [9.17, 15) is 0 Å². The van der Waals surface area contributed by atoms with Crippen LogP contribution in [0.3, 0.4) is 0 Å². The van der Waals surface area contributed by atoms with Crippen molar-refractivity contribution in [3.05, 3.63) is 36.7 Å². The lowest BCUT2D eigenvalue weighted by atomic mass is 10.2. The molecule has 0 aliphatic rings. The van der Waals surface area contributed by atoms with E-state index in [1.807, 2.05) is 38.4 Å². The van der Waals surface area contributed by atoms with Crippen LogP contribution in [0.1, 0.15) is 13.8 Å². The molecule has 0 atom stereocenters. The van der Waals surface area contributed by atoms with E-state index < -0.39 is 0 Å². The van der Waals surface area contributed by atoms with Crippen LogP contribution in [0.4, 0.5) is 0 Å². The zero-order valence-electron chi connectivity index (χ0n) is 6.96.